The highest BCUT2D eigenvalue weighted by atomic mass is 127. The van der Waals surface area contributed by atoms with Crippen LogP contribution in [0.15, 0.2) is 4.99 Å². The third-order valence-corrected chi connectivity index (χ3v) is 4.89. The molecule has 8 heteroatoms. The van der Waals surface area contributed by atoms with Gasteiger partial charge in [0.05, 0.1) is 6.54 Å². The number of halogens is 4. The molecule has 0 unspecified atom stereocenters. The van der Waals surface area contributed by atoms with Gasteiger partial charge in [-0.2, -0.15) is 13.2 Å². The number of hydrogen-bond donors (Lipinski definition) is 2. The van der Waals surface area contributed by atoms with Gasteiger partial charge in [0.2, 0.25) is 0 Å². The van der Waals surface area contributed by atoms with Crippen LogP contribution in [-0.2, 0) is 0 Å². The molecule has 0 aromatic heterocycles. The number of hydrogen-bond acceptors (Lipinski definition) is 2. The van der Waals surface area contributed by atoms with Crippen LogP contribution in [-0.4, -0.2) is 56.8 Å². The first-order valence-electron chi connectivity index (χ1n) is 9.11. The van der Waals surface area contributed by atoms with Crippen LogP contribution in [0, 0.1) is 11.8 Å². The zero-order valence-electron chi connectivity index (χ0n) is 15.7. The van der Waals surface area contributed by atoms with Crippen molar-refractivity contribution in [2.75, 3.05) is 39.8 Å². The Morgan fingerprint density at radius 1 is 1.16 bits per heavy atom. The predicted molar refractivity (Wildman–Crippen MR) is 109 cm³/mol. The van der Waals surface area contributed by atoms with Crippen molar-refractivity contribution in [3.05, 3.63) is 0 Å². The van der Waals surface area contributed by atoms with Gasteiger partial charge in [-0.1, -0.05) is 26.7 Å². The normalized spacial score (nSPS) is 17.5. The van der Waals surface area contributed by atoms with Gasteiger partial charge >= 0.3 is 6.18 Å². The van der Waals surface area contributed by atoms with Crippen molar-refractivity contribution in [1.29, 1.82) is 0 Å². The Morgan fingerprint density at radius 3 is 2.24 bits per heavy atom. The van der Waals surface area contributed by atoms with E-state index in [0.717, 1.165) is 51.2 Å². The van der Waals surface area contributed by atoms with Crippen LogP contribution in [0.4, 0.5) is 13.2 Å². The van der Waals surface area contributed by atoms with Crippen LogP contribution in [0.3, 0.4) is 0 Å². The summed E-state index contributed by atoms with van der Waals surface area (Å²) in [7, 11) is 1.76. The van der Waals surface area contributed by atoms with Crippen molar-refractivity contribution in [3.63, 3.8) is 0 Å². The van der Waals surface area contributed by atoms with Gasteiger partial charge in [-0.05, 0) is 44.2 Å². The van der Waals surface area contributed by atoms with E-state index in [1.165, 1.54) is 4.90 Å². The zero-order valence-corrected chi connectivity index (χ0v) is 18.0. The fraction of sp³-hybridized carbons (Fsp3) is 0.941. The van der Waals surface area contributed by atoms with Gasteiger partial charge in [-0.15, -0.1) is 24.0 Å². The second kappa shape index (κ2) is 13.0. The van der Waals surface area contributed by atoms with Crippen molar-refractivity contribution < 1.29 is 13.2 Å². The summed E-state index contributed by atoms with van der Waals surface area (Å²) in [6.07, 6.45) is 0.885. The van der Waals surface area contributed by atoms with Gasteiger partial charge < -0.3 is 10.6 Å². The van der Waals surface area contributed by atoms with E-state index in [1.54, 1.807) is 7.05 Å². The maximum Gasteiger partial charge on any atom is 0.401 e. The molecule has 1 saturated heterocycles. The molecule has 25 heavy (non-hydrogen) atoms. The molecular formula is C17H34F3IN4. The molecule has 1 aliphatic heterocycles. The topological polar surface area (TPSA) is 39.7 Å². The Kier molecular flexibility index (Phi) is 12.9. The number of nitrogens with zero attached hydrogens (tertiary/aromatic N) is 2. The standard InChI is InChI=1S/C17H33F3N4.HI/c1-4-14(5-2)12-23-16(21-3)22-9-6-15-7-10-24(11-8-15)13-17(18,19)20;/h14-15H,4-13H2,1-3H3,(H2,21,22,23);1H. The second-order valence-corrected chi connectivity index (χ2v) is 6.69. The van der Waals surface area contributed by atoms with E-state index >= 15 is 0 Å². The average molecular weight is 478 g/mol. The SMILES string of the molecule is CCC(CC)CNC(=NC)NCCC1CCN(CC(F)(F)F)CC1.I. The van der Waals surface area contributed by atoms with Crippen LogP contribution in [0.2, 0.25) is 0 Å². The summed E-state index contributed by atoms with van der Waals surface area (Å²) in [5.41, 5.74) is 0. The van der Waals surface area contributed by atoms with Crippen LogP contribution in [0.1, 0.15) is 46.0 Å². The minimum Gasteiger partial charge on any atom is -0.356 e. The lowest BCUT2D eigenvalue weighted by Gasteiger charge is -2.32. The lowest BCUT2D eigenvalue weighted by Crippen LogP contribution is -2.42. The predicted octanol–water partition coefficient (Wildman–Crippen LogP) is 3.87. The van der Waals surface area contributed by atoms with Gasteiger partial charge in [0, 0.05) is 20.1 Å². The summed E-state index contributed by atoms with van der Waals surface area (Å²) in [6.45, 7) is 6.44. The smallest absolute Gasteiger partial charge is 0.356 e. The Morgan fingerprint density at radius 2 is 1.76 bits per heavy atom. The second-order valence-electron chi connectivity index (χ2n) is 6.69. The van der Waals surface area contributed by atoms with E-state index < -0.39 is 12.7 Å². The number of rotatable bonds is 8. The molecular weight excluding hydrogens is 444 g/mol. The molecule has 0 bridgehead atoms. The van der Waals surface area contributed by atoms with E-state index in [1.807, 2.05) is 0 Å². The lowest BCUT2D eigenvalue weighted by molar-refractivity contribution is -0.148. The van der Waals surface area contributed by atoms with Gasteiger partial charge in [0.25, 0.3) is 0 Å². The molecule has 0 aromatic rings. The van der Waals surface area contributed by atoms with Crippen LogP contribution in [0.25, 0.3) is 0 Å². The average Bonchev–Trinajstić information content (AvgIpc) is 2.54. The minimum atomic E-state index is -4.08. The number of nitrogens with one attached hydrogen (secondary N) is 2. The van der Waals surface area contributed by atoms with Gasteiger partial charge in [-0.3, -0.25) is 9.89 Å². The van der Waals surface area contributed by atoms with Crippen molar-refractivity contribution in [3.8, 4) is 0 Å². The number of guanidine groups is 1. The molecule has 2 N–H and O–H groups in total. The van der Waals surface area contributed by atoms with Crippen LogP contribution in [0.5, 0.6) is 0 Å². The molecule has 0 radical (unpaired) electrons. The number of piperidine rings is 1. The Balaban J connectivity index is 0.00000576. The first-order chi connectivity index (χ1) is 11.4. The quantitative estimate of drug-likeness (QED) is 0.316. The Labute approximate surface area is 167 Å². The molecule has 1 heterocycles. The van der Waals surface area contributed by atoms with E-state index in [4.69, 9.17) is 0 Å². The van der Waals surface area contributed by atoms with E-state index in [-0.39, 0.29) is 24.0 Å². The maximum atomic E-state index is 12.4. The molecule has 1 rings (SSSR count). The zero-order chi connectivity index (χ0) is 18.0. The molecule has 0 aliphatic carbocycles. The van der Waals surface area contributed by atoms with Crippen molar-refractivity contribution in [2.45, 2.75) is 52.1 Å². The van der Waals surface area contributed by atoms with Gasteiger partial charge in [0.1, 0.15) is 0 Å². The van der Waals surface area contributed by atoms with Crippen LogP contribution >= 0.6 is 24.0 Å². The van der Waals surface area contributed by atoms with Gasteiger partial charge in [0.15, 0.2) is 5.96 Å². The largest absolute Gasteiger partial charge is 0.401 e. The Hall–Kier alpha value is -0.250. The van der Waals surface area contributed by atoms with E-state index in [0.29, 0.717) is 24.9 Å². The molecule has 0 spiro atoms. The van der Waals surface area contributed by atoms with E-state index in [2.05, 4.69) is 29.5 Å². The highest BCUT2D eigenvalue weighted by molar-refractivity contribution is 14.0. The lowest BCUT2D eigenvalue weighted by atomic mass is 9.93. The molecule has 0 aromatic carbocycles. The molecule has 1 aliphatic rings. The summed E-state index contributed by atoms with van der Waals surface area (Å²) < 4.78 is 37.1. The van der Waals surface area contributed by atoms with Crippen LogP contribution < -0.4 is 10.6 Å². The summed E-state index contributed by atoms with van der Waals surface area (Å²) in [5.74, 6) is 1.97. The fourth-order valence-electron chi connectivity index (χ4n) is 3.12. The maximum absolute atomic E-state index is 12.4. The first kappa shape index (κ1) is 24.8. The fourth-order valence-corrected chi connectivity index (χ4v) is 3.12. The number of likely N-dealkylation sites (tertiary alicyclic amines) is 1. The van der Waals surface area contributed by atoms with E-state index in [9.17, 15) is 13.2 Å². The molecule has 1 fully saturated rings. The molecule has 4 nitrogen and oxygen atoms in total. The monoisotopic (exact) mass is 478 g/mol. The summed E-state index contributed by atoms with van der Waals surface area (Å²) in [4.78, 5) is 5.74. The number of aliphatic imine (C=N–C) groups is 1. The summed E-state index contributed by atoms with van der Waals surface area (Å²) in [6, 6.07) is 0. The molecule has 0 atom stereocenters. The summed E-state index contributed by atoms with van der Waals surface area (Å²) >= 11 is 0. The summed E-state index contributed by atoms with van der Waals surface area (Å²) in [5, 5.41) is 6.66. The highest BCUT2D eigenvalue weighted by Crippen LogP contribution is 2.23. The van der Waals surface area contributed by atoms with Crippen molar-refractivity contribution in [2.24, 2.45) is 16.8 Å². The third-order valence-electron chi connectivity index (χ3n) is 4.89. The minimum absolute atomic E-state index is 0. The van der Waals surface area contributed by atoms with Crippen molar-refractivity contribution in [1.82, 2.24) is 15.5 Å². The molecule has 0 saturated carbocycles. The third kappa shape index (κ3) is 11.1. The number of alkyl halides is 3. The highest BCUT2D eigenvalue weighted by Gasteiger charge is 2.32. The molecule has 0 amide bonds. The van der Waals surface area contributed by atoms with Crippen molar-refractivity contribution >= 4 is 29.9 Å². The van der Waals surface area contributed by atoms with Gasteiger partial charge in [-0.25, -0.2) is 0 Å². The molecule has 150 valence electrons. The first-order valence-corrected chi connectivity index (χ1v) is 9.11. The Bertz CT molecular complexity index is 365.